The highest BCUT2D eigenvalue weighted by atomic mass is 32.2. The van der Waals surface area contributed by atoms with Crippen LogP contribution in [-0.2, 0) is 26.9 Å². The second-order valence-electron chi connectivity index (χ2n) is 9.74. The number of ether oxygens (including phenoxy) is 1. The standard InChI is InChI=1S/C23H38N4O3S/c1-7-8-13-27(31(28,29)25(5)6)19-9-10-21-20(16-19)24-22(23(2,3)4)26(21)17-18-11-14-30-15-12-18/h9-10,16,18H,7-8,11-15,17H2,1-6H3. The summed E-state index contributed by atoms with van der Waals surface area (Å²) in [4.78, 5) is 5.00. The molecule has 1 aliphatic rings. The fraction of sp³-hybridized carbons (Fsp3) is 0.696. The van der Waals surface area contributed by atoms with Crippen LogP contribution >= 0.6 is 0 Å². The first kappa shape index (κ1) is 24.0. The van der Waals surface area contributed by atoms with Crippen LogP contribution in [0, 0.1) is 5.92 Å². The van der Waals surface area contributed by atoms with Crippen molar-refractivity contribution in [1.29, 1.82) is 0 Å². The van der Waals surface area contributed by atoms with Gasteiger partial charge >= 0.3 is 10.2 Å². The van der Waals surface area contributed by atoms with Gasteiger partial charge in [0.25, 0.3) is 0 Å². The van der Waals surface area contributed by atoms with Crippen LogP contribution in [0.3, 0.4) is 0 Å². The zero-order chi connectivity index (χ0) is 22.8. The Morgan fingerprint density at radius 3 is 2.45 bits per heavy atom. The number of rotatable bonds is 8. The van der Waals surface area contributed by atoms with Gasteiger partial charge in [-0.25, -0.2) is 4.98 Å². The smallest absolute Gasteiger partial charge is 0.303 e. The van der Waals surface area contributed by atoms with E-state index in [1.165, 1.54) is 8.61 Å². The molecule has 2 aromatic rings. The second kappa shape index (κ2) is 9.46. The van der Waals surface area contributed by atoms with Crippen molar-refractivity contribution in [3.05, 3.63) is 24.0 Å². The van der Waals surface area contributed by atoms with Crippen molar-refractivity contribution < 1.29 is 13.2 Å². The summed E-state index contributed by atoms with van der Waals surface area (Å²) < 4.78 is 36.6. The molecule has 1 fully saturated rings. The summed E-state index contributed by atoms with van der Waals surface area (Å²) >= 11 is 0. The number of benzene rings is 1. The van der Waals surface area contributed by atoms with Gasteiger partial charge in [-0.05, 0) is 43.4 Å². The van der Waals surface area contributed by atoms with Crippen molar-refractivity contribution in [3.8, 4) is 0 Å². The van der Waals surface area contributed by atoms with Crippen molar-refractivity contribution in [1.82, 2.24) is 13.9 Å². The summed E-state index contributed by atoms with van der Waals surface area (Å²) in [5.41, 5.74) is 2.48. The Morgan fingerprint density at radius 1 is 1.19 bits per heavy atom. The monoisotopic (exact) mass is 450 g/mol. The molecule has 0 atom stereocenters. The van der Waals surface area contributed by atoms with Gasteiger partial charge in [0.15, 0.2) is 0 Å². The first-order valence-corrected chi connectivity index (χ1v) is 12.7. The predicted octanol–water partition coefficient (Wildman–Crippen LogP) is 4.17. The van der Waals surface area contributed by atoms with E-state index in [1.807, 2.05) is 18.2 Å². The van der Waals surface area contributed by atoms with Crippen LogP contribution in [0.4, 0.5) is 5.69 Å². The van der Waals surface area contributed by atoms with Gasteiger partial charge in [-0.2, -0.15) is 12.7 Å². The van der Waals surface area contributed by atoms with Crippen LogP contribution in [0.1, 0.15) is 59.2 Å². The van der Waals surface area contributed by atoms with Crippen LogP contribution < -0.4 is 4.31 Å². The van der Waals surface area contributed by atoms with Gasteiger partial charge in [0, 0.05) is 45.8 Å². The minimum Gasteiger partial charge on any atom is -0.381 e. The fourth-order valence-corrected chi connectivity index (χ4v) is 5.23. The molecule has 8 heteroatoms. The van der Waals surface area contributed by atoms with E-state index in [4.69, 9.17) is 9.72 Å². The van der Waals surface area contributed by atoms with Crippen LogP contribution in [0.2, 0.25) is 0 Å². The van der Waals surface area contributed by atoms with E-state index in [9.17, 15) is 8.42 Å². The second-order valence-corrected chi connectivity index (χ2v) is 11.8. The van der Waals surface area contributed by atoms with Crippen LogP contribution in [0.5, 0.6) is 0 Å². The van der Waals surface area contributed by atoms with E-state index < -0.39 is 10.2 Å². The molecule has 7 nitrogen and oxygen atoms in total. The van der Waals surface area contributed by atoms with Crippen molar-refractivity contribution in [2.24, 2.45) is 5.92 Å². The van der Waals surface area contributed by atoms with Crippen LogP contribution in [0.15, 0.2) is 18.2 Å². The van der Waals surface area contributed by atoms with E-state index in [0.29, 0.717) is 18.2 Å². The van der Waals surface area contributed by atoms with Gasteiger partial charge in [-0.1, -0.05) is 34.1 Å². The van der Waals surface area contributed by atoms with E-state index >= 15 is 0 Å². The van der Waals surface area contributed by atoms with Crippen LogP contribution in [-0.4, -0.2) is 56.1 Å². The molecule has 0 bridgehead atoms. The van der Waals surface area contributed by atoms with E-state index in [2.05, 4.69) is 32.3 Å². The molecule has 0 saturated carbocycles. The molecule has 1 saturated heterocycles. The number of fused-ring (bicyclic) bond motifs is 1. The zero-order valence-electron chi connectivity index (χ0n) is 19.9. The lowest BCUT2D eigenvalue weighted by Gasteiger charge is -2.27. The summed E-state index contributed by atoms with van der Waals surface area (Å²) in [5, 5.41) is 0. The topological polar surface area (TPSA) is 67.7 Å². The van der Waals surface area contributed by atoms with E-state index in [0.717, 1.165) is 62.3 Å². The van der Waals surface area contributed by atoms with Crippen molar-refractivity contribution >= 4 is 26.9 Å². The summed E-state index contributed by atoms with van der Waals surface area (Å²) in [7, 11) is -0.416. The zero-order valence-corrected chi connectivity index (χ0v) is 20.7. The molecule has 31 heavy (non-hydrogen) atoms. The van der Waals surface area contributed by atoms with Crippen molar-refractivity contribution in [2.45, 2.75) is 65.3 Å². The first-order chi connectivity index (χ1) is 14.6. The maximum Gasteiger partial charge on any atom is 0.303 e. The average Bonchev–Trinajstić information content (AvgIpc) is 3.07. The molecule has 3 rings (SSSR count). The minimum absolute atomic E-state index is 0.109. The summed E-state index contributed by atoms with van der Waals surface area (Å²) in [6.45, 7) is 11.6. The molecule has 0 aliphatic carbocycles. The third-order valence-electron chi connectivity index (χ3n) is 5.93. The quantitative estimate of drug-likeness (QED) is 0.605. The molecule has 0 amide bonds. The van der Waals surface area contributed by atoms with Gasteiger partial charge < -0.3 is 9.30 Å². The number of hydrogen-bond acceptors (Lipinski definition) is 4. The third-order valence-corrected chi connectivity index (χ3v) is 7.80. The van der Waals surface area contributed by atoms with Crippen molar-refractivity contribution in [2.75, 3.05) is 38.2 Å². The Morgan fingerprint density at radius 2 is 1.87 bits per heavy atom. The first-order valence-electron chi connectivity index (χ1n) is 11.3. The molecule has 0 spiro atoms. The molecule has 0 radical (unpaired) electrons. The lowest BCUT2D eigenvalue weighted by molar-refractivity contribution is 0.0611. The molecular formula is C23H38N4O3S. The lowest BCUT2D eigenvalue weighted by atomic mass is 9.94. The molecule has 1 aromatic heterocycles. The van der Waals surface area contributed by atoms with Crippen LogP contribution in [0.25, 0.3) is 11.0 Å². The van der Waals surface area contributed by atoms with Gasteiger partial charge in [0.1, 0.15) is 5.82 Å². The highest BCUT2D eigenvalue weighted by Gasteiger charge is 2.28. The minimum atomic E-state index is -3.57. The van der Waals surface area contributed by atoms with E-state index in [1.54, 1.807) is 14.1 Å². The highest BCUT2D eigenvalue weighted by molar-refractivity contribution is 7.90. The number of aromatic nitrogens is 2. The Kier molecular flexibility index (Phi) is 7.33. The number of anilines is 1. The number of nitrogens with zero attached hydrogens (tertiary/aromatic N) is 4. The largest absolute Gasteiger partial charge is 0.381 e. The summed E-state index contributed by atoms with van der Waals surface area (Å²) in [6, 6.07) is 5.89. The highest BCUT2D eigenvalue weighted by Crippen LogP contribution is 2.32. The summed E-state index contributed by atoms with van der Waals surface area (Å²) in [6.07, 6.45) is 3.85. The predicted molar refractivity (Wildman–Crippen MR) is 127 cm³/mol. The van der Waals surface area contributed by atoms with Gasteiger partial charge in [0.05, 0.1) is 16.7 Å². The maximum atomic E-state index is 13.0. The van der Waals surface area contributed by atoms with Gasteiger partial charge in [-0.15, -0.1) is 0 Å². The SMILES string of the molecule is CCCCN(c1ccc2c(c1)nc(C(C)(C)C)n2CC1CCOCC1)S(=O)(=O)N(C)C. The third kappa shape index (κ3) is 5.23. The molecule has 174 valence electrons. The maximum absolute atomic E-state index is 13.0. The molecule has 0 N–H and O–H groups in total. The molecular weight excluding hydrogens is 412 g/mol. The number of imidazole rings is 1. The normalized spacial score (nSPS) is 16.4. The average molecular weight is 451 g/mol. The Balaban J connectivity index is 2.06. The molecule has 2 heterocycles. The Labute approximate surface area is 187 Å². The Hall–Kier alpha value is -1.64. The van der Waals surface area contributed by atoms with Gasteiger partial charge in [0.2, 0.25) is 0 Å². The van der Waals surface area contributed by atoms with Crippen molar-refractivity contribution in [3.63, 3.8) is 0 Å². The molecule has 0 unspecified atom stereocenters. The lowest BCUT2D eigenvalue weighted by Crippen LogP contribution is -2.40. The molecule has 1 aliphatic heterocycles. The fourth-order valence-electron chi connectivity index (χ4n) is 4.09. The van der Waals surface area contributed by atoms with Gasteiger partial charge in [-0.3, -0.25) is 4.31 Å². The van der Waals surface area contributed by atoms with E-state index in [-0.39, 0.29) is 5.41 Å². The Bertz CT molecular complexity index is 986. The molecule has 1 aromatic carbocycles. The summed E-state index contributed by atoms with van der Waals surface area (Å²) in [5.74, 6) is 1.61. The number of hydrogen-bond donors (Lipinski definition) is 0. The number of unbranched alkanes of at least 4 members (excludes halogenated alkanes) is 1.